The molecule has 6 nitrogen and oxygen atoms in total. The minimum atomic E-state index is -0.354. The first-order chi connectivity index (χ1) is 15.0. The van der Waals surface area contributed by atoms with Gasteiger partial charge in [-0.05, 0) is 48.4 Å². The summed E-state index contributed by atoms with van der Waals surface area (Å²) in [6.07, 6.45) is 1.66. The number of benzene rings is 2. The van der Waals surface area contributed by atoms with Crippen molar-refractivity contribution in [3.8, 4) is 17.0 Å². The van der Waals surface area contributed by atoms with Gasteiger partial charge in [-0.25, -0.2) is 9.37 Å². The van der Waals surface area contributed by atoms with Crippen LogP contribution in [0, 0.1) is 5.82 Å². The van der Waals surface area contributed by atoms with Crippen LogP contribution in [0.15, 0.2) is 54.7 Å². The molecular formula is C23H20ClFN4O2. The van der Waals surface area contributed by atoms with Gasteiger partial charge in [-0.2, -0.15) is 5.10 Å². The van der Waals surface area contributed by atoms with Gasteiger partial charge in [0.05, 0.1) is 23.3 Å². The quantitative estimate of drug-likeness (QED) is 0.455. The Hall–Kier alpha value is -3.45. The number of carbonyl (C=O) groups excluding carboxylic acids is 1. The Morgan fingerprint density at radius 1 is 1.23 bits per heavy atom. The Bertz CT molecular complexity index is 1260. The zero-order chi connectivity index (χ0) is 22.0. The first-order valence-electron chi connectivity index (χ1n) is 9.73. The number of hydrogen-bond donors (Lipinski definition) is 1. The van der Waals surface area contributed by atoms with Gasteiger partial charge < -0.3 is 9.64 Å². The first-order valence-corrected chi connectivity index (χ1v) is 10.1. The molecule has 0 aliphatic heterocycles. The normalized spacial score (nSPS) is 11.0. The average molecular weight is 439 g/mol. The third kappa shape index (κ3) is 4.22. The molecule has 8 heteroatoms. The third-order valence-corrected chi connectivity index (χ3v) is 5.23. The Morgan fingerprint density at radius 2 is 2.06 bits per heavy atom. The number of pyridine rings is 1. The number of halogens is 2. The second kappa shape index (κ2) is 8.73. The van der Waals surface area contributed by atoms with Crippen LogP contribution in [0.4, 0.5) is 4.39 Å². The SMILES string of the molecule is CCOc1nc(C(=O)N(C)Cc2ccc(Cl)c3cn[nH]c23)ccc1-c1cccc(F)c1. The zero-order valence-electron chi connectivity index (χ0n) is 17.0. The van der Waals surface area contributed by atoms with Crippen molar-refractivity contribution in [2.75, 3.05) is 13.7 Å². The van der Waals surface area contributed by atoms with E-state index in [0.717, 1.165) is 16.5 Å². The molecule has 0 aliphatic carbocycles. The van der Waals surface area contributed by atoms with Gasteiger partial charge in [0.1, 0.15) is 11.5 Å². The highest BCUT2D eigenvalue weighted by atomic mass is 35.5. The fourth-order valence-electron chi connectivity index (χ4n) is 3.40. The van der Waals surface area contributed by atoms with Crippen LogP contribution < -0.4 is 4.74 Å². The Kier molecular flexibility index (Phi) is 5.86. The molecule has 158 valence electrons. The first kappa shape index (κ1) is 20.8. The number of H-pyrrole nitrogens is 1. The van der Waals surface area contributed by atoms with E-state index < -0.39 is 0 Å². The number of carbonyl (C=O) groups is 1. The monoisotopic (exact) mass is 438 g/mol. The molecular weight excluding hydrogens is 419 g/mol. The highest BCUT2D eigenvalue weighted by Gasteiger charge is 2.19. The fourth-order valence-corrected chi connectivity index (χ4v) is 3.60. The van der Waals surface area contributed by atoms with Crippen LogP contribution in [-0.2, 0) is 6.54 Å². The topological polar surface area (TPSA) is 71.1 Å². The summed E-state index contributed by atoms with van der Waals surface area (Å²) in [5, 5.41) is 8.37. The number of aromatic nitrogens is 3. The van der Waals surface area contributed by atoms with Crippen molar-refractivity contribution < 1.29 is 13.9 Å². The standard InChI is InChI=1S/C23H20ClFN4O2/c1-3-31-22-17(14-5-4-6-16(25)11-14)8-10-20(27-22)23(30)29(2)13-15-7-9-19(24)18-12-26-28-21(15)18/h4-12H,3,13H2,1-2H3,(H,26,28). The van der Waals surface area contributed by atoms with Crippen LogP contribution in [0.1, 0.15) is 23.0 Å². The van der Waals surface area contributed by atoms with E-state index in [9.17, 15) is 9.18 Å². The summed E-state index contributed by atoms with van der Waals surface area (Å²) >= 11 is 6.20. The fraction of sp³-hybridized carbons (Fsp3) is 0.174. The number of rotatable bonds is 6. The molecule has 0 spiro atoms. The largest absolute Gasteiger partial charge is 0.478 e. The van der Waals surface area contributed by atoms with Crippen LogP contribution in [0.25, 0.3) is 22.0 Å². The summed E-state index contributed by atoms with van der Waals surface area (Å²) in [5.74, 6) is -0.336. The van der Waals surface area contributed by atoms with Crippen molar-refractivity contribution in [1.29, 1.82) is 0 Å². The van der Waals surface area contributed by atoms with Gasteiger partial charge in [0.25, 0.3) is 5.91 Å². The number of amides is 1. The minimum Gasteiger partial charge on any atom is -0.478 e. The molecule has 2 aromatic carbocycles. The van der Waals surface area contributed by atoms with Gasteiger partial charge in [0.2, 0.25) is 5.88 Å². The lowest BCUT2D eigenvalue weighted by Crippen LogP contribution is -2.27. The second-order valence-corrected chi connectivity index (χ2v) is 7.43. The summed E-state index contributed by atoms with van der Waals surface area (Å²) < 4.78 is 19.3. The van der Waals surface area contributed by atoms with Crippen molar-refractivity contribution in [1.82, 2.24) is 20.1 Å². The Morgan fingerprint density at radius 3 is 2.84 bits per heavy atom. The lowest BCUT2D eigenvalue weighted by molar-refractivity contribution is 0.0778. The highest BCUT2D eigenvalue weighted by Crippen LogP contribution is 2.30. The van der Waals surface area contributed by atoms with Gasteiger partial charge in [0.15, 0.2) is 0 Å². The maximum atomic E-state index is 13.7. The van der Waals surface area contributed by atoms with E-state index in [1.807, 2.05) is 13.0 Å². The molecule has 4 rings (SSSR count). The number of hydrogen-bond acceptors (Lipinski definition) is 4. The van der Waals surface area contributed by atoms with Crippen molar-refractivity contribution in [3.63, 3.8) is 0 Å². The lowest BCUT2D eigenvalue weighted by atomic mass is 10.1. The van der Waals surface area contributed by atoms with E-state index in [2.05, 4.69) is 15.2 Å². The molecule has 2 heterocycles. The van der Waals surface area contributed by atoms with Gasteiger partial charge in [-0.1, -0.05) is 29.8 Å². The summed E-state index contributed by atoms with van der Waals surface area (Å²) in [6, 6.07) is 13.2. The molecule has 0 bridgehead atoms. The van der Waals surface area contributed by atoms with Crippen LogP contribution in [0.3, 0.4) is 0 Å². The predicted octanol–water partition coefficient (Wildman–Crippen LogP) is 5.09. The van der Waals surface area contributed by atoms with Crippen LogP contribution in [-0.4, -0.2) is 39.6 Å². The molecule has 0 unspecified atom stereocenters. The van der Waals surface area contributed by atoms with E-state index in [0.29, 0.717) is 29.3 Å². The summed E-state index contributed by atoms with van der Waals surface area (Å²) in [6.45, 7) is 2.53. The molecule has 1 N–H and O–H groups in total. The molecule has 1 amide bonds. The smallest absolute Gasteiger partial charge is 0.272 e. The molecule has 0 aliphatic rings. The van der Waals surface area contributed by atoms with E-state index in [1.54, 1.807) is 48.5 Å². The molecule has 31 heavy (non-hydrogen) atoms. The van der Waals surface area contributed by atoms with Crippen molar-refractivity contribution in [2.24, 2.45) is 0 Å². The maximum Gasteiger partial charge on any atom is 0.272 e. The van der Waals surface area contributed by atoms with Gasteiger partial charge in [-0.3, -0.25) is 9.89 Å². The molecule has 4 aromatic rings. The number of nitrogens with zero attached hydrogens (tertiary/aromatic N) is 3. The number of fused-ring (bicyclic) bond motifs is 1. The van der Waals surface area contributed by atoms with Gasteiger partial charge in [-0.15, -0.1) is 0 Å². The predicted molar refractivity (Wildman–Crippen MR) is 118 cm³/mol. The average Bonchev–Trinajstić information content (AvgIpc) is 3.26. The van der Waals surface area contributed by atoms with E-state index in [4.69, 9.17) is 16.3 Å². The summed E-state index contributed by atoms with van der Waals surface area (Å²) in [4.78, 5) is 19.0. The number of nitrogens with one attached hydrogen (secondary N) is 1. The molecule has 2 aromatic heterocycles. The summed E-state index contributed by atoms with van der Waals surface area (Å²) in [5.41, 5.74) is 3.16. The van der Waals surface area contributed by atoms with Crippen molar-refractivity contribution in [2.45, 2.75) is 13.5 Å². The molecule has 0 atom stereocenters. The summed E-state index contributed by atoms with van der Waals surface area (Å²) in [7, 11) is 1.70. The van der Waals surface area contributed by atoms with E-state index in [1.165, 1.54) is 12.1 Å². The van der Waals surface area contributed by atoms with E-state index in [-0.39, 0.29) is 23.3 Å². The second-order valence-electron chi connectivity index (χ2n) is 7.02. The number of aromatic amines is 1. The molecule has 0 fully saturated rings. The number of ether oxygens (including phenoxy) is 1. The van der Waals surface area contributed by atoms with Gasteiger partial charge >= 0.3 is 0 Å². The zero-order valence-corrected chi connectivity index (χ0v) is 17.8. The maximum absolute atomic E-state index is 13.7. The van der Waals surface area contributed by atoms with Gasteiger partial charge in [0, 0.05) is 24.5 Å². The molecule has 0 saturated carbocycles. The molecule has 0 saturated heterocycles. The van der Waals surface area contributed by atoms with Crippen molar-refractivity contribution in [3.05, 3.63) is 76.8 Å². The Labute approximate surface area is 183 Å². The van der Waals surface area contributed by atoms with E-state index >= 15 is 0 Å². The highest BCUT2D eigenvalue weighted by molar-refractivity contribution is 6.35. The molecule has 0 radical (unpaired) electrons. The third-order valence-electron chi connectivity index (χ3n) is 4.90. The lowest BCUT2D eigenvalue weighted by Gasteiger charge is -2.18. The van der Waals surface area contributed by atoms with Crippen LogP contribution >= 0.6 is 11.6 Å². The van der Waals surface area contributed by atoms with Crippen LogP contribution in [0.2, 0.25) is 5.02 Å². The van der Waals surface area contributed by atoms with Crippen LogP contribution in [0.5, 0.6) is 5.88 Å². The minimum absolute atomic E-state index is 0.237. The Balaban J connectivity index is 1.62. The van der Waals surface area contributed by atoms with Crippen molar-refractivity contribution >= 4 is 28.4 Å².